The van der Waals surface area contributed by atoms with E-state index in [0.717, 1.165) is 4.68 Å². The fourth-order valence-corrected chi connectivity index (χ4v) is 0.993. The summed E-state index contributed by atoms with van der Waals surface area (Å²) in [5, 5.41) is 11.7. The summed E-state index contributed by atoms with van der Waals surface area (Å²) in [5.41, 5.74) is 0. The number of hydrogen-bond donors (Lipinski definition) is 1. The van der Waals surface area contributed by atoms with Crippen molar-refractivity contribution in [2.45, 2.75) is 26.1 Å². The second-order valence-electron chi connectivity index (χ2n) is 2.94. The molecule has 1 N–H and O–H groups in total. The smallest absolute Gasteiger partial charge is 0.453 e. The largest absolute Gasteiger partial charge is 0.480 e. The topological polar surface area (TPSA) is 68.0 Å². The van der Waals surface area contributed by atoms with Crippen LogP contribution in [0.15, 0.2) is 0 Å². The van der Waals surface area contributed by atoms with Crippen molar-refractivity contribution in [1.29, 1.82) is 0 Å². The SMILES string of the molecule is Cc1nc(C(F)(F)F)nn1C(C)C(=O)O. The lowest BCUT2D eigenvalue weighted by Crippen LogP contribution is -2.18. The molecule has 1 unspecified atom stereocenters. The molecule has 84 valence electrons. The lowest BCUT2D eigenvalue weighted by molar-refractivity contribution is -0.146. The van der Waals surface area contributed by atoms with Crippen molar-refractivity contribution in [3.63, 3.8) is 0 Å². The number of carboxylic acid groups (broad SMARTS) is 1. The van der Waals surface area contributed by atoms with Gasteiger partial charge in [-0.1, -0.05) is 0 Å². The van der Waals surface area contributed by atoms with Crippen LogP contribution in [-0.4, -0.2) is 25.8 Å². The number of carboxylic acids is 1. The molecular formula is C7H8F3N3O2. The molecule has 0 amide bonds. The van der Waals surface area contributed by atoms with Gasteiger partial charge in [-0.15, -0.1) is 5.10 Å². The van der Waals surface area contributed by atoms with E-state index in [-0.39, 0.29) is 5.82 Å². The van der Waals surface area contributed by atoms with Crippen LogP contribution in [-0.2, 0) is 11.0 Å². The van der Waals surface area contributed by atoms with Crippen molar-refractivity contribution in [3.8, 4) is 0 Å². The van der Waals surface area contributed by atoms with Crippen LogP contribution in [0, 0.1) is 6.92 Å². The molecule has 1 aromatic rings. The van der Waals surface area contributed by atoms with Crippen molar-refractivity contribution in [3.05, 3.63) is 11.6 Å². The number of hydrogen-bond acceptors (Lipinski definition) is 3. The molecule has 1 heterocycles. The molecule has 0 aliphatic carbocycles. The Balaban J connectivity index is 3.12. The monoisotopic (exact) mass is 223 g/mol. The summed E-state index contributed by atoms with van der Waals surface area (Å²) in [7, 11) is 0. The maximum absolute atomic E-state index is 12.2. The van der Waals surface area contributed by atoms with E-state index in [2.05, 4.69) is 10.1 Å². The quantitative estimate of drug-likeness (QED) is 0.819. The number of aliphatic carboxylic acids is 1. The van der Waals surface area contributed by atoms with Gasteiger partial charge >= 0.3 is 12.1 Å². The fraction of sp³-hybridized carbons (Fsp3) is 0.571. The zero-order chi connectivity index (χ0) is 11.8. The molecule has 0 radical (unpaired) electrons. The molecule has 0 aromatic carbocycles. The summed E-state index contributed by atoms with van der Waals surface area (Å²) in [5.74, 6) is -2.68. The van der Waals surface area contributed by atoms with Gasteiger partial charge in [0.25, 0.3) is 5.82 Å². The predicted octanol–water partition coefficient (Wildman–Crippen LogP) is 1.25. The second kappa shape index (κ2) is 3.52. The summed E-state index contributed by atoms with van der Waals surface area (Å²) in [6, 6.07) is -1.17. The van der Waals surface area contributed by atoms with Crippen LogP contribution in [0.3, 0.4) is 0 Å². The first-order valence-electron chi connectivity index (χ1n) is 3.96. The highest BCUT2D eigenvalue weighted by Gasteiger charge is 2.37. The Kier molecular flexibility index (Phi) is 2.69. The number of rotatable bonds is 2. The van der Waals surface area contributed by atoms with Gasteiger partial charge in [-0.2, -0.15) is 13.2 Å². The van der Waals surface area contributed by atoms with Gasteiger partial charge in [0.05, 0.1) is 0 Å². The van der Waals surface area contributed by atoms with Crippen LogP contribution in [0.2, 0.25) is 0 Å². The van der Waals surface area contributed by atoms with Gasteiger partial charge in [-0.25, -0.2) is 14.5 Å². The average molecular weight is 223 g/mol. The maximum Gasteiger partial charge on any atom is 0.453 e. The molecule has 0 aliphatic rings. The van der Waals surface area contributed by atoms with Gasteiger partial charge in [-0.05, 0) is 13.8 Å². The van der Waals surface area contributed by atoms with E-state index in [0.29, 0.717) is 0 Å². The molecule has 8 heteroatoms. The molecule has 0 saturated carbocycles. The highest BCUT2D eigenvalue weighted by atomic mass is 19.4. The predicted molar refractivity (Wildman–Crippen MR) is 42.1 cm³/mol. The number of aryl methyl sites for hydroxylation is 1. The van der Waals surface area contributed by atoms with Gasteiger partial charge in [0.1, 0.15) is 11.9 Å². The van der Waals surface area contributed by atoms with E-state index in [1.165, 1.54) is 13.8 Å². The van der Waals surface area contributed by atoms with E-state index in [1.807, 2.05) is 0 Å². The van der Waals surface area contributed by atoms with E-state index in [1.54, 1.807) is 0 Å². The van der Waals surface area contributed by atoms with Crippen molar-refractivity contribution in [2.75, 3.05) is 0 Å². The highest BCUT2D eigenvalue weighted by Crippen LogP contribution is 2.26. The molecule has 1 atom stereocenters. The third-order valence-corrected chi connectivity index (χ3v) is 1.78. The summed E-state index contributed by atoms with van der Waals surface area (Å²) in [6.07, 6.45) is -4.66. The Morgan fingerprint density at radius 3 is 2.40 bits per heavy atom. The minimum atomic E-state index is -4.66. The molecule has 5 nitrogen and oxygen atoms in total. The van der Waals surface area contributed by atoms with Gasteiger partial charge in [0.15, 0.2) is 0 Å². The van der Waals surface area contributed by atoms with E-state index >= 15 is 0 Å². The first-order chi connectivity index (χ1) is 6.73. The van der Waals surface area contributed by atoms with Gasteiger partial charge in [0, 0.05) is 0 Å². The maximum atomic E-state index is 12.2. The third kappa shape index (κ3) is 2.25. The zero-order valence-electron chi connectivity index (χ0n) is 7.91. The first kappa shape index (κ1) is 11.5. The molecule has 0 saturated heterocycles. The lowest BCUT2D eigenvalue weighted by atomic mass is 10.3. The molecule has 15 heavy (non-hydrogen) atoms. The summed E-state index contributed by atoms with van der Waals surface area (Å²) < 4.78 is 37.2. The molecule has 0 fully saturated rings. The van der Waals surface area contributed by atoms with E-state index < -0.39 is 24.0 Å². The second-order valence-corrected chi connectivity index (χ2v) is 2.94. The van der Waals surface area contributed by atoms with Crippen molar-refractivity contribution in [2.24, 2.45) is 0 Å². The van der Waals surface area contributed by atoms with Gasteiger partial charge in [-0.3, -0.25) is 0 Å². The normalized spacial score (nSPS) is 13.9. The lowest BCUT2D eigenvalue weighted by Gasteiger charge is -2.06. The number of carbonyl (C=O) groups is 1. The number of alkyl halides is 3. The first-order valence-corrected chi connectivity index (χ1v) is 3.96. The number of aromatic nitrogens is 3. The van der Waals surface area contributed by atoms with E-state index in [9.17, 15) is 18.0 Å². The Morgan fingerprint density at radius 1 is 1.53 bits per heavy atom. The molecular weight excluding hydrogens is 215 g/mol. The number of nitrogens with zero attached hydrogens (tertiary/aromatic N) is 3. The molecule has 0 spiro atoms. The molecule has 0 aliphatic heterocycles. The Bertz CT molecular complexity index is 385. The minimum absolute atomic E-state index is 0.0859. The van der Waals surface area contributed by atoms with Crippen LogP contribution >= 0.6 is 0 Å². The van der Waals surface area contributed by atoms with Crippen LogP contribution in [0.25, 0.3) is 0 Å². The van der Waals surface area contributed by atoms with Crippen LogP contribution in [0.4, 0.5) is 13.2 Å². The van der Waals surface area contributed by atoms with Gasteiger partial charge < -0.3 is 5.11 Å². The standard InChI is InChI=1S/C7H8F3N3O2/c1-3(5(14)15)13-4(2)11-6(12-13)7(8,9)10/h3H,1-2H3,(H,14,15). The van der Waals surface area contributed by atoms with Gasteiger partial charge in [0.2, 0.25) is 0 Å². The van der Waals surface area contributed by atoms with Crippen molar-refractivity contribution >= 4 is 5.97 Å². The third-order valence-electron chi connectivity index (χ3n) is 1.78. The van der Waals surface area contributed by atoms with Crippen molar-refractivity contribution < 1.29 is 23.1 Å². The number of halogens is 3. The van der Waals surface area contributed by atoms with Crippen LogP contribution < -0.4 is 0 Å². The minimum Gasteiger partial charge on any atom is -0.480 e. The molecule has 1 aromatic heterocycles. The summed E-state index contributed by atoms with van der Waals surface area (Å²) >= 11 is 0. The zero-order valence-corrected chi connectivity index (χ0v) is 7.91. The summed E-state index contributed by atoms with van der Waals surface area (Å²) in [6.45, 7) is 2.49. The van der Waals surface area contributed by atoms with E-state index in [4.69, 9.17) is 5.11 Å². The fourth-order valence-electron chi connectivity index (χ4n) is 0.993. The Hall–Kier alpha value is -1.60. The molecule has 0 bridgehead atoms. The van der Waals surface area contributed by atoms with Crippen LogP contribution in [0.5, 0.6) is 0 Å². The summed E-state index contributed by atoms with van der Waals surface area (Å²) in [4.78, 5) is 13.7. The highest BCUT2D eigenvalue weighted by molar-refractivity contribution is 5.71. The van der Waals surface area contributed by atoms with Crippen molar-refractivity contribution in [1.82, 2.24) is 14.8 Å². The average Bonchev–Trinajstić information content (AvgIpc) is 2.45. The van der Waals surface area contributed by atoms with Crippen LogP contribution in [0.1, 0.15) is 24.6 Å². The Labute approximate surface area is 82.5 Å². The molecule has 1 rings (SSSR count). The Morgan fingerprint density at radius 2 is 2.07 bits per heavy atom.